The zero-order valence-electron chi connectivity index (χ0n) is 33.2. The molecule has 1 aliphatic carbocycles. The van der Waals surface area contributed by atoms with E-state index in [0.29, 0.717) is 37.3 Å². The van der Waals surface area contributed by atoms with Gasteiger partial charge in [0.05, 0.1) is 47.6 Å². The number of thiocarbonyl (C=S) groups is 1. The number of imide groups is 1. The Hall–Kier alpha value is -4.21. The molecule has 4 aliphatic rings. The summed E-state index contributed by atoms with van der Waals surface area (Å²) in [6.45, 7) is 12.4. The first-order chi connectivity index (χ1) is 26.8. The van der Waals surface area contributed by atoms with Crippen LogP contribution in [-0.2, 0) is 35.5 Å². The predicted octanol–water partition coefficient (Wildman–Crippen LogP) is 5.16. The maximum absolute atomic E-state index is 13.7. The second-order valence-electron chi connectivity index (χ2n) is 16.3. The number of hydrogen-bond donors (Lipinski definition) is 2. The summed E-state index contributed by atoms with van der Waals surface area (Å²) in [6, 6.07) is 8.30. The first-order valence-electron chi connectivity index (χ1n) is 19.3. The molecule has 1 aromatic heterocycles. The predicted molar refractivity (Wildman–Crippen MR) is 216 cm³/mol. The van der Waals surface area contributed by atoms with Gasteiger partial charge in [0.2, 0.25) is 17.7 Å². The lowest BCUT2D eigenvalue weighted by Crippen LogP contribution is -2.58. The van der Waals surface area contributed by atoms with Crippen LogP contribution in [0.1, 0.15) is 89.8 Å². The zero-order chi connectivity index (χ0) is 41.4. The molecule has 3 saturated heterocycles. The molecular weight excluding hydrogens is 797 g/mol. The fourth-order valence-electron chi connectivity index (χ4n) is 8.70. The van der Waals surface area contributed by atoms with Gasteiger partial charge in [-0.3, -0.25) is 39.2 Å². The van der Waals surface area contributed by atoms with Gasteiger partial charge in [0.25, 0.3) is 5.91 Å². The second-order valence-corrected chi connectivity index (χ2v) is 16.7. The van der Waals surface area contributed by atoms with Gasteiger partial charge in [-0.2, -0.15) is 18.4 Å². The standard InChI is InChI=1S/C40H49F3N8O5S.ClH/c1-24-21-48(22-25(2)49(24)23-34(53)46-32-18-27(13-15-45-32)39(5)14-12-33(52)47-35(39)54)16-17-56-30-10-8-28(9-11-30)51-37(57)50(36(55)38(51,3)4)29-7-6-26(20-44)31(19-29)40(41,42)43;/h6-7,13,15,18-19,24-25,28,30H,8-12,14,16-17,21-23H2,1-5H3,(H,45,46,53)(H,47,52,54);1H/t24-,25+,28?,30?,39-;/m0./s1. The highest BCUT2D eigenvalue weighted by atomic mass is 35.5. The number of ether oxygens (including phenoxy) is 1. The van der Waals surface area contributed by atoms with E-state index in [2.05, 4.69) is 39.3 Å². The minimum absolute atomic E-state index is 0. The third-order valence-electron chi connectivity index (χ3n) is 12.0. The Morgan fingerprint density at radius 3 is 2.36 bits per heavy atom. The Bertz CT molecular complexity index is 1960. The molecule has 0 radical (unpaired) electrons. The topological polar surface area (TPSA) is 151 Å². The van der Waals surface area contributed by atoms with Gasteiger partial charge in [0, 0.05) is 50.4 Å². The van der Waals surface area contributed by atoms with E-state index in [1.807, 2.05) is 4.90 Å². The minimum Gasteiger partial charge on any atom is -0.377 e. The molecule has 58 heavy (non-hydrogen) atoms. The van der Waals surface area contributed by atoms with Gasteiger partial charge < -0.3 is 15.0 Å². The molecule has 0 spiro atoms. The van der Waals surface area contributed by atoms with Gasteiger partial charge >= 0.3 is 6.18 Å². The van der Waals surface area contributed by atoms with E-state index in [-0.39, 0.29) is 78.1 Å². The summed E-state index contributed by atoms with van der Waals surface area (Å²) in [5.74, 6) is -0.935. The highest BCUT2D eigenvalue weighted by molar-refractivity contribution is 7.80. The molecular formula is C40H50ClF3N8O5S. The van der Waals surface area contributed by atoms with Gasteiger partial charge in [-0.1, -0.05) is 0 Å². The smallest absolute Gasteiger partial charge is 0.377 e. The average Bonchev–Trinajstić information content (AvgIpc) is 3.33. The van der Waals surface area contributed by atoms with Crippen LogP contribution in [0.5, 0.6) is 0 Å². The van der Waals surface area contributed by atoms with E-state index in [0.717, 1.165) is 49.5 Å². The molecule has 0 bridgehead atoms. The zero-order valence-corrected chi connectivity index (χ0v) is 34.9. The van der Waals surface area contributed by atoms with Gasteiger partial charge in [-0.25, -0.2) is 4.98 Å². The number of piperazine rings is 1. The summed E-state index contributed by atoms with van der Waals surface area (Å²) in [7, 11) is 0. The lowest BCUT2D eigenvalue weighted by Gasteiger charge is -2.44. The number of nitrogens with zero attached hydrogens (tertiary/aromatic N) is 6. The minimum atomic E-state index is -4.77. The number of alkyl halides is 3. The lowest BCUT2D eigenvalue weighted by molar-refractivity contribution is -0.138. The van der Waals surface area contributed by atoms with Crippen LogP contribution in [0.25, 0.3) is 0 Å². The number of amides is 4. The van der Waals surface area contributed by atoms with Crippen molar-refractivity contribution in [1.29, 1.82) is 5.26 Å². The van der Waals surface area contributed by atoms with Crippen LogP contribution >= 0.6 is 24.6 Å². The first-order valence-corrected chi connectivity index (χ1v) is 19.7. The van der Waals surface area contributed by atoms with E-state index in [4.69, 9.17) is 17.0 Å². The van der Waals surface area contributed by atoms with Gasteiger partial charge in [-0.05, 0) is 115 Å². The molecule has 18 heteroatoms. The molecule has 4 heterocycles. The van der Waals surface area contributed by atoms with Crippen molar-refractivity contribution in [3.05, 3.63) is 53.2 Å². The van der Waals surface area contributed by atoms with Crippen molar-refractivity contribution in [3.63, 3.8) is 0 Å². The lowest BCUT2D eigenvalue weighted by atomic mass is 9.76. The third kappa shape index (κ3) is 9.16. The van der Waals surface area contributed by atoms with Crippen molar-refractivity contribution in [1.82, 2.24) is 25.0 Å². The number of anilines is 2. The van der Waals surface area contributed by atoms with Crippen LogP contribution in [0, 0.1) is 11.3 Å². The van der Waals surface area contributed by atoms with Crippen molar-refractivity contribution in [2.75, 3.05) is 43.0 Å². The third-order valence-corrected chi connectivity index (χ3v) is 12.3. The highest BCUT2D eigenvalue weighted by Crippen LogP contribution is 2.41. The summed E-state index contributed by atoms with van der Waals surface area (Å²) in [5.41, 5.74) is -2.93. The average molecular weight is 847 g/mol. The molecule has 1 aromatic carbocycles. The number of carbonyl (C=O) groups is 4. The van der Waals surface area contributed by atoms with Crippen molar-refractivity contribution < 1.29 is 37.1 Å². The SMILES string of the molecule is C[C@@H]1CN(CCOC2CCC(N3C(=S)N(c4ccc(C#N)c(C(F)(F)F)c4)C(=O)C3(C)C)CC2)C[C@H](C)N1CC(=O)Nc1cc([C@]2(C)CCC(=O)NC2=O)ccn1.Cl. The molecule has 13 nitrogen and oxygen atoms in total. The number of nitriles is 1. The van der Waals surface area contributed by atoms with Crippen molar-refractivity contribution in [2.24, 2.45) is 0 Å². The summed E-state index contributed by atoms with van der Waals surface area (Å²) in [6.07, 6.45) is 0.289. The Balaban J connectivity index is 0.00000641. The number of carbonyl (C=O) groups excluding carboxylic acids is 4. The largest absolute Gasteiger partial charge is 0.417 e. The monoisotopic (exact) mass is 846 g/mol. The molecule has 3 aliphatic heterocycles. The van der Waals surface area contributed by atoms with Crippen molar-refractivity contribution in [3.8, 4) is 6.07 Å². The summed E-state index contributed by atoms with van der Waals surface area (Å²) >= 11 is 5.74. The molecule has 6 rings (SSSR count). The number of rotatable bonds is 10. The maximum atomic E-state index is 13.7. The Kier molecular flexibility index (Phi) is 13.6. The van der Waals surface area contributed by atoms with Gasteiger partial charge in [-0.15, -0.1) is 12.4 Å². The van der Waals surface area contributed by atoms with E-state index in [1.165, 1.54) is 6.07 Å². The highest BCUT2D eigenvalue weighted by Gasteiger charge is 2.53. The maximum Gasteiger partial charge on any atom is 0.417 e. The summed E-state index contributed by atoms with van der Waals surface area (Å²) in [4.78, 5) is 62.9. The number of nitrogens with one attached hydrogen (secondary N) is 2. The Morgan fingerprint density at radius 1 is 1.07 bits per heavy atom. The summed E-state index contributed by atoms with van der Waals surface area (Å²) < 4.78 is 47.5. The van der Waals surface area contributed by atoms with Crippen LogP contribution in [0.15, 0.2) is 36.5 Å². The molecule has 314 valence electrons. The summed E-state index contributed by atoms with van der Waals surface area (Å²) in [5, 5.41) is 14.7. The van der Waals surface area contributed by atoms with Gasteiger partial charge in [0.15, 0.2) is 5.11 Å². The fourth-order valence-corrected chi connectivity index (χ4v) is 9.27. The first kappa shape index (κ1) is 44.9. The molecule has 3 atom stereocenters. The quantitative estimate of drug-likeness (QED) is 0.241. The molecule has 4 amide bonds. The number of aromatic nitrogens is 1. The van der Waals surface area contributed by atoms with Crippen LogP contribution in [-0.4, -0.2) is 111 Å². The van der Waals surface area contributed by atoms with Crippen LogP contribution in [0.2, 0.25) is 0 Å². The molecule has 0 unspecified atom stereocenters. The van der Waals surface area contributed by atoms with Crippen molar-refractivity contribution in [2.45, 2.75) is 115 Å². The number of benzene rings is 1. The van der Waals surface area contributed by atoms with E-state index in [1.54, 1.807) is 45.2 Å². The van der Waals surface area contributed by atoms with Crippen LogP contribution in [0.4, 0.5) is 24.7 Å². The van der Waals surface area contributed by atoms with Crippen molar-refractivity contribution >= 4 is 64.9 Å². The van der Waals surface area contributed by atoms with Gasteiger partial charge in [0.1, 0.15) is 11.4 Å². The van der Waals surface area contributed by atoms with Crippen LogP contribution < -0.4 is 15.5 Å². The fraction of sp³-hybridized carbons (Fsp3) is 0.575. The molecule has 1 saturated carbocycles. The molecule has 2 aromatic rings. The van der Waals surface area contributed by atoms with E-state index < -0.39 is 34.2 Å². The molecule has 4 fully saturated rings. The number of piperidine rings is 1. The second kappa shape index (κ2) is 17.6. The van der Waals surface area contributed by atoms with E-state index in [9.17, 15) is 37.6 Å². The Labute approximate surface area is 348 Å². The van der Waals surface area contributed by atoms with Crippen LogP contribution in [0.3, 0.4) is 0 Å². The Morgan fingerprint density at radius 2 is 1.74 bits per heavy atom. The number of halogens is 4. The normalized spacial score (nSPS) is 26.9. The molecule has 2 N–H and O–H groups in total. The number of hydrogen-bond acceptors (Lipinski definition) is 10. The van der Waals surface area contributed by atoms with E-state index >= 15 is 0 Å². The number of pyridine rings is 1.